The molecule has 0 saturated carbocycles. The Bertz CT molecular complexity index is 571. The maximum absolute atomic E-state index is 11.9. The number of carbonyl (C=O) groups excluding carboxylic acids is 1. The molecule has 0 bridgehead atoms. The number of hydrogen-bond donors (Lipinski definition) is 2. The lowest BCUT2D eigenvalue weighted by Crippen LogP contribution is -2.12. The summed E-state index contributed by atoms with van der Waals surface area (Å²) < 4.78 is 0. The van der Waals surface area contributed by atoms with Crippen molar-refractivity contribution in [3.63, 3.8) is 0 Å². The third kappa shape index (κ3) is 2.37. The summed E-state index contributed by atoms with van der Waals surface area (Å²) in [7, 11) is 0. The highest BCUT2D eigenvalue weighted by molar-refractivity contribution is 7.15. The van der Waals surface area contributed by atoms with E-state index in [9.17, 15) is 9.59 Å². The van der Waals surface area contributed by atoms with E-state index >= 15 is 0 Å². The van der Waals surface area contributed by atoms with Gasteiger partial charge in [0.15, 0.2) is 0 Å². The number of aryl methyl sites for hydroxylation is 1. The SMILES string of the molecule is Cc1ccsc1C(=O)Nc1sccc1C(=O)O. The fourth-order valence-corrected chi connectivity index (χ4v) is 2.93. The highest BCUT2D eigenvalue weighted by Gasteiger charge is 2.16. The van der Waals surface area contributed by atoms with Crippen molar-refractivity contribution in [1.29, 1.82) is 0 Å². The summed E-state index contributed by atoms with van der Waals surface area (Å²) in [5, 5.41) is 15.4. The van der Waals surface area contributed by atoms with Crippen molar-refractivity contribution >= 4 is 39.6 Å². The minimum atomic E-state index is -1.04. The molecule has 4 nitrogen and oxygen atoms in total. The van der Waals surface area contributed by atoms with E-state index in [0.29, 0.717) is 9.88 Å². The zero-order chi connectivity index (χ0) is 12.4. The van der Waals surface area contributed by atoms with Crippen LogP contribution < -0.4 is 5.32 Å². The smallest absolute Gasteiger partial charge is 0.338 e. The Morgan fingerprint density at radius 1 is 1.24 bits per heavy atom. The molecule has 88 valence electrons. The van der Waals surface area contributed by atoms with Crippen LogP contribution in [0.4, 0.5) is 5.00 Å². The highest BCUT2D eigenvalue weighted by atomic mass is 32.1. The van der Waals surface area contributed by atoms with E-state index in [0.717, 1.165) is 5.56 Å². The zero-order valence-corrected chi connectivity index (χ0v) is 10.5. The lowest BCUT2D eigenvalue weighted by atomic mass is 10.2. The number of rotatable bonds is 3. The fraction of sp³-hybridized carbons (Fsp3) is 0.0909. The molecule has 2 N–H and O–H groups in total. The molecule has 0 fully saturated rings. The van der Waals surface area contributed by atoms with E-state index in [1.807, 2.05) is 18.4 Å². The number of carbonyl (C=O) groups is 2. The second kappa shape index (κ2) is 4.68. The van der Waals surface area contributed by atoms with Gasteiger partial charge in [-0.05, 0) is 35.4 Å². The van der Waals surface area contributed by atoms with Crippen LogP contribution in [0.3, 0.4) is 0 Å². The first-order valence-corrected chi connectivity index (χ1v) is 6.51. The van der Waals surface area contributed by atoms with E-state index in [1.54, 1.807) is 5.38 Å². The number of carboxylic acids is 1. The van der Waals surface area contributed by atoms with Gasteiger partial charge in [0.25, 0.3) is 5.91 Å². The first-order chi connectivity index (χ1) is 8.09. The second-order valence-electron chi connectivity index (χ2n) is 3.36. The third-order valence-electron chi connectivity index (χ3n) is 2.19. The predicted octanol–water partition coefficient (Wildman–Crippen LogP) is 3.07. The number of nitrogens with one attached hydrogen (secondary N) is 1. The fourth-order valence-electron chi connectivity index (χ4n) is 1.34. The van der Waals surface area contributed by atoms with Gasteiger partial charge < -0.3 is 10.4 Å². The van der Waals surface area contributed by atoms with Gasteiger partial charge in [-0.25, -0.2) is 4.79 Å². The largest absolute Gasteiger partial charge is 0.478 e. The van der Waals surface area contributed by atoms with E-state index < -0.39 is 5.97 Å². The van der Waals surface area contributed by atoms with Crippen LogP contribution in [-0.2, 0) is 0 Å². The molecule has 0 saturated heterocycles. The Hall–Kier alpha value is -1.66. The van der Waals surface area contributed by atoms with Crippen molar-refractivity contribution in [2.24, 2.45) is 0 Å². The molecule has 2 heterocycles. The molecule has 0 aliphatic rings. The molecule has 0 spiro atoms. The number of aromatic carboxylic acids is 1. The summed E-state index contributed by atoms with van der Waals surface area (Å²) in [6.07, 6.45) is 0. The standard InChI is InChI=1S/C11H9NO3S2/c1-6-2-4-16-8(6)9(13)12-10-7(11(14)15)3-5-17-10/h2-5H,1H3,(H,12,13)(H,14,15). The van der Waals surface area contributed by atoms with Crippen LogP contribution in [0.25, 0.3) is 0 Å². The zero-order valence-electron chi connectivity index (χ0n) is 8.89. The monoisotopic (exact) mass is 267 g/mol. The third-order valence-corrected chi connectivity index (χ3v) is 4.04. The van der Waals surface area contributed by atoms with Crippen molar-refractivity contribution in [2.75, 3.05) is 5.32 Å². The minimum absolute atomic E-state index is 0.123. The van der Waals surface area contributed by atoms with Crippen LogP contribution >= 0.6 is 22.7 Å². The highest BCUT2D eigenvalue weighted by Crippen LogP contribution is 2.25. The minimum Gasteiger partial charge on any atom is -0.478 e. The number of carboxylic acid groups (broad SMARTS) is 1. The van der Waals surface area contributed by atoms with Gasteiger partial charge in [-0.1, -0.05) is 0 Å². The molecule has 2 aromatic heterocycles. The second-order valence-corrected chi connectivity index (χ2v) is 5.19. The number of amides is 1. The Labute approximate surface area is 106 Å². The molecule has 2 rings (SSSR count). The van der Waals surface area contributed by atoms with Crippen LogP contribution in [-0.4, -0.2) is 17.0 Å². The summed E-state index contributed by atoms with van der Waals surface area (Å²) in [5.41, 5.74) is 1.01. The van der Waals surface area contributed by atoms with Gasteiger partial charge >= 0.3 is 5.97 Å². The number of anilines is 1. The van der Waals surface area contributed by atoms with Crippen molar-refractivity contribution in [3.8, 4) is 0 Å². The topological polar surface area (TPSA) is 66.4 Å². The van der Waals surface area contributed by atoms with E-state index in [2.05, 4.69) is 5.32 Å². The van der Waals surface area contributed by atoms with Gasteiger partial charge in [-0.2, -0.15) is 0 Å². The maximum Gasteiger partial charge on any atom is 0.338 e. The first-order valence-electron chi connectivity index (χ1n) is 4.76. The molecule has 0 unspecified atom stereocenters. The molecular formula is C11H9NO3S2. The molecule has 2 aromatic rings. The average molecular weight is 267 g/mol. The summed E-state index contributed by atoms with van der Waals surface area (Å²) in [6, 6.07) is 3.33. The molecule has 1 amide bonds. The molecular weight excluding hydrogens is 258 g/mol. The summed E-state index contributed by atoms with van der Waals surface area (Å²) in [6.45, 7) is 1.85. The van der Waals surface area contributed by atoms with Crippen LogP contribution in [0.2, 0.25) is 0 Å². The predicted molar refractivity (Wildman–Crippen MR) is 68.3 cm³/mol. The van der Waals surface area contributed by atoms with Crippen molar-refractivity contribution in [3.05, 3.63) is 38.9 Å². The van der Waals surface area contributed by atoms with E-state index in [4.69, 9.17) is 5.11 Å². The Morgan fingerprint density at radius 3 is 2.53 bits per heavy atom. The summed E-state index contributed by atoms with van der Waals surface area (Å²) in [5.74, 6) is -1.30. The van der Waals surface area contributed by atoms with Gasteiger partial charge in [-0.15, -0.1) is 22.7 Å². The van der Waals surface area contributed by atoms with Gasteiger partial charge in [0, 0.05) is 0 Å². The Balaban J connectivity index is 2.22. The Kier molecular flexibility index (Phi) is 3.26. The molecule has 0 aliphatic carbocycles. The molecule has 0 atom stereocenters. The average Bonchev–Trinajstić information content (AvgIpc) is 2.86. The molecule has 17 heavy (non-hydrogen) atoms. The normalized spacial score (nSPS) is 10.2. The number of thiophene rings is 2. The molecule has 0 aromatic carbocycles. The first kappa shape index (κ1) is 11.8. The van der Waals surface area contributed by atoms with Gasteiger partial charge in [0.1, 0.15) is 5.00 Å². The van der Waals surface area contributed by atoms with E-state index in [-0.39, 0.29) is 11.5 Å². The van der Waals surface area contributed by atoms with Gasteiger partial charge in [0.2, 0.25) is 0 Å². The van der Waals surface area contributed by atoms with Crippen molar-refractivity contribution in [2.45, 2.75) is 6.92 Å². The van der Waals surface area contributed by atoms with Crippen LogP contribution in [0.5, 0.6) is 0 Å². The lowest BCUT2D eigenvalue weighted by molar-refractivity contribution is 0.0698. The molecule has 6 heteroatoms. The van der Waals surface area contributed by atoms with Crippen molar-refractivity contribution < 1.29 is 14.7 Å². The molecule has 0 aliphatic heterocycles. The lowest BCUT2D eigenvalue weighted by Gasteiger charge is -2.03. The molecule has 0 radical (unpaired) electrons. The van der Waals surface area contributed by atoms with Crippen molar-refractivity contribution in [1.82, 2.24) is 0 Å². The van der Waals surface area contributed by atoms with Crippen LogP contribution in [0, 0.1) is 6.92 Å². The summed E-state index contributed by atoms with van der Waals surface area (Å²) in [4.78, 5) is 23.4. The number of hydrogen-bond acceptors (Lipinski definition) is 4. The maximum atomic E-state index is 11.9. The van der Waals surface area contributed by atoms with Gasteiger partial charge in [-0.3, -0.25) is 4.79 Å². The Morgan fingerprint density at radius 2 is 1.94 bits per heavy atom. The summed E-state index contributed by atoms with van der Waals surface area (Å²) >= 11 is 2.54. The van der Waals surface area contributed by atoms with Crippen LogP contribution in [0.1, 0.15) is 25.6 Å². The van der Waals surface area contributed by atoms with Crippen LogP contribution in [0.15, 0.2) is 22.9 Å². The quantitative estimate of drug-likeness (QED) is 0.898. The van der Waals surface area contributed by atoms with E-state index in [1.165, 1.54) is 28.7 Å². The van der Waals surface area contributed by atoms with Gasteiger partial charge in [0.05, 0.1) is 10.4 Å².